The van der Waals surface area contributed by atoms with Crippen molar-refractivity contribution in [3.63, 3.8) is 0 Å². The minimum absolute atomic E-state index is 0.0811. The molecule has 0 bridgehead atoms. The molecule has 27 heavy (non-hydrogen) atoms. The molecule has 138 valence electrons. The number of aromatic nitrogens is 2. The number of benzene rings is 2. The summed E-state index contributed by atoms with van der Waals surface area (Å²) in [6, 6.07) is 12.4. The number of aryl methyl sites for hydroxylation is 2. The van der Waals surface area contributed by atoms with Crippen LogP contribution in [0.5, 0.6) is 0 Å². The highest BCUT2D eigenvalue weighted by molar-refractivity contribution is 6.03. The van der Waals surface area contributed by atoms with Crippen LogP contribution in [0.15, 0.2) is 48.5 Å². The molecule has 7 heteroatoms. The smallest absolute Gasteiger partial charge is 0.274 e. The Morgan fingerprint density at radius 2 is 1.74 bits per heavy atom. The Kier molecular flexibility index (Phi) is 5.40. The third kappa shape index (κ3) is 4.84. The molecule has 5 nitrogen and oxygen atoms in total. The molecule has 0 aliphatic carbocycles. The molecule has 0 unspecified atom stereocenters. The molecule has 0 atom stereocenters. The zero-order chi connectivity index (χ0) is 19.4. The Morgan fingerprint density at radius 3 is 2.44 bits per heavy atom. The van der Waals surface area contributed by atoms with E-state index in [9.17, 15) is 13.6 Å². The van der Waals surface area contributed by atoms with Gasteiger partial charge in [0.1, 0.15) is 17.3 Å². The van der Waals surface area contributed by atoms with E-state index in [4.69, 9.17) is 0 Å². The second-order valence-electron chi connectivity index (χ2n) is 6.14. The summed E-state index contributed by atoms with van der Waals surface area (Å²) >= 11 is 0. The molecule has 1 heterocycles. The quantitative estimate of drug-likeness (QED) is 0.707. The van der Waals surface area contributed by atoms with Crippen molar-refractivity contribution in [3.05, 3.63) is 82.7 Å². The number of nitrogens with zero attached hydrogens (tertiary/aromatic N) is 2. The molecular weight excluding hydrogens is 350 g/mol. The van der Waals surface area contributed by atoms with Crippen molar-refractivity contribution in [2.45, 2.75) is 20.4 Å². The van der Waals surface area contributed by atoms with Gasteiger partial charge in [-0.15, -0.1) is 0 Å². The second-order valence-corrected chi connectivity index (χ2v) is 6.14. The van der Waals surface area contributed by atoms with E-state index in [1.807, 2.05) is 31.2 Å². The van der Waals surface area contributed by atoms with Gasteiger partial charge in [-0.3, -0.25) is 4.79 Å². The van der Waals surface area contributed by atoms with Gasteiger partial charge in [-0.25, -0.2) is 18.7 Å². The Morgan fingerprint density at radius 1 is 1.00 bits per heavy atom. The van der Waals surface area contributed by atoms with Crippen molar-refractivity contribution >= 4 is 17.5 Å². The number of hydrogen-bond donors (Lipinski definition) is 2. The first-order valence-electron chi connectivity index (χ1n) is 8.32. The van der Waals surface area contributed by atoms with Crippen LogP contribution in [-0.2, 0) is 6.54 Å². The van der Waals surface area contributed by atoms with Gasteiger partial charge in [0.25, 0.3) is 5.91 Å². The van der Waals surface area contributed by atoms with Crippen molar-refractivity contribution in [1.82, 2.24) is 9.97 Å². The molecule has 1 amide bonds. The number of carbonyl (C=O) groups excluding carboxylic acids is 1. The van der Waals surface area contributed by atoms with E-state index >= 15 is 0 Å². The van der Waals surface area contributed by atoms with Gasteiger partial charge in [0.2, 0.25) is 5.95 Å². The van der Waals surface area contributed by atoms with E-state index in [-0.39, 0.29) is 11.4 Å². The van der Waals surface area contributed by atoms with E-state index in [1.165, 1.54) is 6.07 Å². The lowest BCUT2D eigenvalue weighted by Gasteiger charge is -2.10. The number of anilines is 2. The van der Waals surface area contributed by atoms with Gasteiger partial charge in [-0.1, -0.05) is 29.8 Å². The third-order valence-corrected chi connectivity index (χ3v) is 3.84. The summed E-state index contributed by atoms with van der Waals surface area (Å²) in [6.07, 6.45) is 0. The van der Waals surface area contributed by atoms with Crippen LogP contribution in [0, 0.1) is 25.5 Å². The molecule has 0 radical (unpaired) electrons. The molecule has 0 saturated heterocycles. The van der Waals surface area contributed by atoms with Gasteiger partial charge < -0.3 is 10.6 Å². The summed E-state index contributed by atoms with van der Waals surface area (Å²) in [6.45, 7) is 4.24. The summed E-state index contributed by atoms with van der Waals surface area (Å²) in [5.74, 6) is -1.89. The maximum absolute atomic E-state index is 13.7. The number of hydrogen-bond acceptors (Lipinski definition) is 4. The number of amides is 1. The molecule has 3 aromatic rings. The van der Waals surface area contributed by atoms with Crippen LogP contribution in [-0.4, -0.2) is 15.9 Å². The average Bonchev–Trinajstić information content (AvgIpc) is 2.63. The molecule has 0 spiro atoms. The largest absolute Gasteiger partial charge is 0.350 e. The minimum Gasteiger partial charge on any atom is -0.350 e. The average molecular weight is 368 g/mol. The maximum Gasteiger partial charge on any atom is 0.274 e. The van der Waals surface area contributed by atoms with Crippen molar-refractivity contribution in [2.24, 2.45) is 0 Å². The standard InChI is InChI=1S/C20H18F2N4O/c1-12-3-5-14(6-4-12)11-23-20-24-13(2)9-18(26-20)19(27)25-17-8-7-15(21)10-16(17)22/h3-10H,11H2,1-2H3,(H,25,27)(H,23,24,26). The Hall–Kier alpha value is -3.35. The van der Waals surface area contributed by atoms with E-state index in [2.05, 4.69) is 20.6 Å². The molecule has 0 saturated carbocycles. The zero-order valence-electron chi connectivity index (χ0n) is 14.9. The van der Waals surface area contributed by atoms with Gasteiger partial charge in [-0.2, -0.15) is 0 Å². The molecular formula is C20H18F2N4O. The summed E-state index contributed by atoms with van der Waals surface area (Å²) in [5, 5.41) is 5.46. The number of carbonyl (C=O) groups is 1. The normalized spacial score (nSPS) is 10.5. The lowest BCUT2D eigenvalue weighted by atomic mass is 10.1. The zero-order valence-corrected chi connectivity index (χ0v) is 14.9. The van der Waals surface area contributed by atoms with Gasteiger partial charge in [0.05, 0.1) is 5.69 Å². The maximum atomic E-state index is 13.7. The first-order valence-corrected chi connectivity index (χ1v) is 8.32. The molecule has 3 rings (SSSR count). The van der Waals surface area contributed by atoms with Gasteiger partial charge in [0.15, 0.2) is 0 Å². The van der Waals surface area contributed by atoms with Crippen LogP contribution in [0.2, 0.25) is 0 Å². The number of rotatable bonds is 5. The summed E-state index contributed by atoms with van der Waals surface area (Å²) in [4.78, 5) is 20.8. The highest BCUT2D eigenvalue weighted by Crippen LogP contribution is 2.16. The SMILES string of the molecule is Cc1ccc(CNc2nc(C)cc(C(=O)Nc3ccc(F)cc3F)n2)cc1. The highest BCUT2D eigenvalue weighted by atomic mass is 19.1. The van der Waals surface area contributed by atoms with E-state index in [1.54, 1.807) is 6.92 Å². The monoisotopic (exact) mass is 368 g/mol. The van der Waals surface area contributed by atoms with Crippen molar-refractivity contribution in [3.8, 4) is 0 Å². The predicted molar refractivity (Wildman–Crippen MR) is 99.6 cm³/mol. The first kappa shape index (κ1) is 18.4. The minimum atomic E-state index is -0.855. The van der Waals surface area contributed by atoms with Crippen LogP contribution >= 0.6 is 0 Å². The topological polar surface area (TPSA) is 66.9 Å². The van der Waals surface area contributed by atoms with Crippen molar-refractivity contribution in [2.75, 3.05) is 10.6 Å². The Balaban J connectivity index is 1.73. The van der Waals surface area contributed by atoms with Gasteiger partial charge >= 0.3 is 0 Å². The fraction of sp³-hybridized carbons (Fsp3) is 0.150. The van der Waals surface area contributed by atoms with Gasteiger partial charge in [0, 0.05) is 18.3 Å². The lowest BCUT2D eigenvalue weighted by Crippen LogP contribution is -2.17. The van der Waals surface area contributed by atoms with E-state index in [0.717, 1.165) is 23.3 Å². The second kappa shape index (κ2) is 7.90. The summed E-state index contributed by atoms with van der Waals surface area (Å²) < 4.78 is 26.7. The molecule has 0 aliphatic heterocycles. The van der Waals surface area contributed by atoms with Crippen LogP contribution in [0.3, 0.4) is 0 Å². The summed E-state index contributed by atoms with van der Waals surface area (Å²) in [7, 11) is 0. The molecule has 2 N–H and O–H groups in total. The van der Waals surface area contributed by atoms with Crippen molar-refractivity contribution in [1.29, 1.82) is 0 Å². The fourth-order valence-electron chi connectivity index (χ4n) is 2.43. The predicted octanol–water partition coefficient (Wildman–Crippen LogP) is 4.24. The number of halogens is 2. The van der Waals surface area contributed by atoms with E-state index in [0.29, 0.717) is 24.3 Å². The van der Waals surface area contributed by atoms with Crippen LogP contribution in [0.25, 0.3) is 0 Å². The number of nitrogens with one attached hydrogen (secondary N) is 2. The van der Waals surface area contributed by atoms with Crippen molar-refractivity contribution < 1.29 is 13.6 Å². The third-order valence-electron chi connectivity index (χ3n) is 3.84. The molecule has 0 fully saturated rings. The molecule has 2 aromatic carbocycles. The first-order chi connectivity index (χ1) is 12.9. The van der Waals surface area contributed by atoms with Crippen LogP contribution in [0.4, 0.5) is 20.4 Å². The van der Waals surface area contributed by atoms with Crippen LogP contribution in [0.1, 0.15) is 27.3 Å². The lowest BCUT2D eigenvalue weighted by molar-refractivity contribution is 0.102. The molecule has 1 aromatic heterocycles. The Labute approximate surface area is 155 Å². The fourth-order valence-corrected chi connectivity index (χ4v) is 2.43. The van der Waals surface area contributed by atoms with Crippen LogP contribution < -0.4 is 10.6 Å². The van der Waals surface area contributed by atoms with E-state index < -0.39 is 17.5 Å². The highest BCUT2D eigenvalue weighted by Gasteiger charge is 2.13. The Bertz CT molecular complexity index is 974. The van der Waals surface area contributed by atoms with Gasteiger partial charge in [-0.05, 0) is 37.6 Å². The summed E-state index contributed by atoms with van der Waals surface area (Å²) in [5.41, 5.74) is 2.76. The molecule has 0 aliphatic rings.